The molecule has 0 aliphatic rings. The largest absolute Gasteiger partial charge is 0.463 e. The number of rotatable bonds is 7. The lowest BCUT2D eigenvalue weighted by Crippen LogP contribution is -2.11. The molecule has 0 aliphatic heterocycles. The van der Waals surface area contributed by atoms with E-state index >= 15 is 0 Å². The van der Waals surface area contributed by atoms with E-state index in [0.29, 0.717) is 31.6 Å². The van der Waals surface area contributed by atoms with Crippen molar-refractivity contribution in [3.8, 4) is 0 Å². The molecule has 0 unspecified atom stereocenters. The van der Waals surface area contributed by atoms with Gasteiger partial charge in [0.25, 0.3) is 0 Å². The zero-order valence-electron chi connectivity index (χ0n) is 11.6. The van der Waals surface area contributed by atoms with E-state index in [2.05, 4.69) is 0 Å². The molecular weight excluding hydrogens is 232 g/mol. The molecule has 0 aromatic heterocycles. The van der Waals surface area contributed by atoms with Gasteiger partial charge in [-0.05, 0) is 40.5 Å². The maximum atomic E-state index is 11.6. The van der Waals surface area contributed by atoms with E-state index < -0.39 is 11.9 Å². The molecule has 0 fully saturated rings. The highest BCUT2D eigenvalue weighted by Crippen LogP contribution is 2.10. The Morgan fingerprint density at radius 1 is 1.06 bits per heavy atom. The Labute approximate surface area is 109 Å². The normalized spacial score (nSPS) is 10.8. The van der Waals surface area contributed by atoms with Gasteiger partial charge in [-0.15, -0.1) is 0 Å². The molecule has 0 saturated heterocycles. The summed E-state index contributed by atoms with van der Waals surface area (Å²) >= 11 is 0. The van der Waals surface area contributed by atoms with Crippen molar-refractivity contribution in [1.29, 1.82) is 0 Å². The Morgan fingerprint density at radius 3 is 2.17 bits per heavy atom. The molecule has 0 N–H and O–H groups in total. The molecule has 0 heterocycles. The number of carbonyl (C=O) groups excluding carboxylic acids is 2. The van der Waals surface area contributed by atoms with Crippen molar-refractivity contribution in [2.45, 2.75) is 40.5 Å². The van der Waals surface area contributed by atoms with Crippen LogP contribution in [-0.2, 0) is 19.1 Å². The van der Waals surface area contributed by atoms with E-state index in [0.717, 1.165) is 0 Å². The van der Waals surface area contributed by atoms with Gasteiger partial charge in [0.05, 0.1) is 13.2 Å². The molecule has 102 valence electrons. The van der Waals surface area contributed by atoms with E-state index in [4.69, 9.17) is 9.47 Å². The molecular formula is C14H22O4. The van der Waals surface area contributed by atoms with E-state index in [9.17, 15) is 9.59 Å². The van der Waals surface area contributed by atoms with Gasteiger partial charge in [0.15, 0.2) is 0 Å². The molecule has 0 saturated carbocycles. The van der Waals surface area contributed by atoms with Gasteiger partial charge in [-0.25, -0.2) is 9.59 Å². The van der Waals surface area contributed by atoms with Crippen molar-refractivity contribution in [1.82, 2.24) is 0 Å². The van der Waals surface area contributed by atoms with Gasteiger partial charge in [0.1, 0.15) is 0 Å². The topological polar surface area (TPSA) is 52.6 Å². The van der Waals surface area contributed by atoms with E-state index in [-0.39, 0.29) is 0 Å². The molecule has 4 heteroatoms. The summed E-state index contributed by atoms with van der Waals surface area (Å²) in [5, 5.41) is 0. The lowest BCUT2D eigenvalue weighted by molar-refractivity contribution is -0.141. The van der Waals surface area contributed by atoms with Crippen LogP contribution in [0.4, 0.5) is 0 Å². The fourth-order valence-corrected chi connectivity index (χ4v) is 1.30. The summed E-state index contributed by atoms with van der Waals surface area (Å²) in [4.78, 5) is 23.0. The third-order valence-corrected chi connectivity index (χ3v) is 2.08. The summed E-state index contributed by atoms with van der Waals surface area (Å²) in [7, 11) is 0. The van der Waals surface area contributed by atoms with Crippen molar-refractivity contribution in [3.05, 3.63) is 23.3 Å². The summed E-state index contributed by atoms with van der Waals surface area (Å²) in [5.41, 5.74) is 1.53. The highest BCUT2D eigenvalue weighted by atomic mass is 16.5. The maximum absolute atomic E-state index is 11.6. The molecule has 0 radical (unpaired) electrons. The third kappa shape index (κ3) is 7.65. The number of carbonyl (C=O) groups is 2. The van der Waals surface area contributed by atoms with Crippen LogP contribution in [0.5, 0.6) is 0 Å². The zero-order chi connectivity index (χ0) is 14.0. The first kappa shape index (κ1) is 16.4. The molecule has 0 rings (SSSR count). The average molecular weight is 254 g/mol. The van der Waals surface area contributed by atoms with Gasteiger partial charge in [-0.3, -0.25) is 0 Å². The molecule has 0 amide bonds. The Hall–Kier alpha value is -1.58. The second kappa shape index (κ2) is 9.45. The first-order chi connectivity index (χ1) is 8.51. The molecule has 0 spiro atoms. The van der Waals surface area contributed by atoms with Crippen LogP contribution in [0.1, 0.15) is 40.5 Å². The lowest BCUT2D eigenvalue weighted by Gasteiger charge is -2.06. The minimum Gasteiger partial charge on any atom is -0.463 e. The van der Waals surface area contributed by atoms with E-state index in [1.54, 1.807) is 13.8 Å². The van der Waals surface area contributed by atoms with Crippen LogP contribution in [0.2, 0.25) is 0 Å². The van der Waals surface area contributed by atoms with Crippen molar-refractivity contribution >= 4 is 11.9 Å². The summed E-state index contributed by atoms with van der Waals surface area (Å²) in [6.07, 6.45) is 4.41. The second-order valence-electron chi connectivity index (χ2n) is 3.96. The van der Waals surface area contributed by atoms with Crippen molar-refractivity contribution in [3.63, 3.8) is 0 Å². The number of hydrogen-bond donors (Lipinski definition) is 0. The van der Waals surface area contributed by atoms with Crippen molar-refractivity contribution in [2.24, 2.45) is 0 Å². The molecule has 0 atom stereocenters. The van der Waals surface area contributed by atoms with Gasteiger partial charge in [0.2, 0.25) is 0 Å². The van der Waals surface area contributed by atoms with Crippen LogP contribution in [0.25, 0.3) is 0 Å². The fourth-order valence-electron chi connectivity index (χ4n) is 1.30. The number of allylic oxidation sites excluding steroid dienone is 2. The fraction of sp³-hybridized carbons (Fsp3) is 0.571. The Morgan fingerprint density at radius 2 is 1.67 bits per heavy atom. The highest BCUT2D eigenvalue weighted by Gasteiger charge is 2.12. The lowest BCUT2D eigenvalue weighted by atomic mass is 10.1. The van der Waals surface area contributed by atoms with Crippen molar-refractivity contribution < 1.29 is 19.1 Å². The minimum absolute atomic E-state index is 0.291. The first-order valence-corrected chi connectivity index (χ1v) is 6.19. The summed E-state index contributed by atoms with van der Waals surface area (Å²) in [6, 6.07) is 0. The number of esters is 2. The van der Waals surface area contributed by atoms with E-state index in [1.165, 1.54) is 11.6 Å². The predicted molar refractivity (Wildman–Crippen MR) is 70.0 cm³/mol. The van der Waals surface area contributed by atoms with Gasteiger partial charge >= 0.3 is 11.9 Å². The van der Waals surface area contributed by atoms with Crippen LogP contribution in [0.15, 0.2) is 23.3 Å². The average Bonchev–Trinajstić information content (AvgIpc) is 2.28. The molecule has 0 aliphatic carbocycles. The van der Waals surface area contributed by atoms with Crippen molar-refractivity contribution in [2.75, 3.05) is 13.2 Å². The summed E-state index contributed by atoms with van der Waals surface area (Å²) < 4.78 is 9.69. The Balaban J connectivity index is 4.66. The quantitative estimate of drug-likeness (QED) is 0.398. The standard InChI is InChI=1S/C14H22O4/c1-5-17-13(15)10-12(14(16)18-6-2)9-7-8-11(3)4/h8,10H,5-7,9H2,1-4H3/b12-10+. The second-order valence-corrected chi connectivity index (χ2v) is 3.96. The molecule has 0 aromatic carbocycles. The smallest absolute Gasteiger partial charge is 0.334 e. The number of ether oxygens (including phenoxy) is 2. The first-order valence-electron chi connectivity index (χ1n) is 6.19. The summed E-state index contributed by atoms with van der Waals surface area (Å²) in [6.45, 7) is 8.01. The zero-order valence-corrected chi connectivity index (χ0v) is 11.6. The monoisotopic (exact) mass is 254 g/mol. The SMILES string of the molecule is CCOC(=O)/C=C(\CCC=C(C)C)C(=O)OCC. The summed E-state index contributed by atoms with van der Waals surface area (Å²) in [5.74, 6) is -0.953. The van der Waals surface area contributed by atoms with Gasteiger partial charge < -0.3 is 9.47 Å². The van der Waals surface area contributed by atoms with E-state index in [1.807, 2.05) is 19.9 Å². The van der Waals surface area contributed by atoms with Gasteiger partial charge in [-0.2, -0.15) is 0 Å². The molecule has 18 heavy (non-hydrogen) atoms. The molecule has 0 bridgehead atoms. The molecule has 0 aromatic rings. The predicted octanol–water partition coefficient (Wildman–Crippen LogP) is 2.79. The van der Waals surface area contributed by atoms with Gasteiger partial charge in [0, 0.05) is 11.6 Å². The van der Waals surface area contributed by atoms with Crippen LogP contribution < -0.4 is 0 Å². The Bertz CT molecular complexity index is 336. The Kier molecular flexibility index (Phi) is 8.62. The van der Waals surface area contributed by atoms with Crippen LogP contribution in [0.3, 0.4) is 0 Å². The van der Waals surface area contributed by atoms with Crippen LogP contribution in [0, 0.1) is 0 Å². The number of hydrogen-bond acceptors (Lipinski definition) is 4. The van der Waals surface area contributed by atoms with Gasteiger partial charge in [-0.1, -0.05) is 11.6 Å². The van der Waals surface area contributed by atoms with Crippen LogP contribution in [-0.4, -0.2) is 25.2 Å². The minimum atomic E-state index is -0.502. The third-order valence-electron chi connectivity index (χ3n) is 2.08. The highest BCUT2D eigenvalue weighted by molar-refractivity contribution is 5.96. The molecule has 4 nitrogen and oxygen atoms in total. The maximum Gasteiger partial charge on any atom is 0.334 e. The van der Waals surface area contributed by atoms with Crippen LogP contribution >= 0.6 is 0 Å².